The van der Waals surface area contributed by atoms with Gasteiger partial charge >= 0.3 is 0 Å². The zero-order chi connectivity index (χ0) is 16.2. The van der Waals surface area contributed by atoms with E-state index < -0.39 is 10.0 Å². The zero-order valence-electron chi connectivity index (χ0n) is 12.2. The van der Waals surface area contributed by atoms with E-state index in [1.165, 1.54) is 18.2 Å². The van der Waals surface area contributed by atoms with Gasteiger partial charge in [-0.2, -0.15) is 5.26 Å². The molecule has 22 heavy (non-hydrogen) atoms. The second-order valence-electron chi connectivity index (χ2n) is 5.33. The first-order chi connectivity index (χ1) is 10.4. The van der Waals surface area contributed by atoms with Crippen LogP contribution in [0.3, 0.4) is 0 Å². The van der Waals surface area contributed by atoms with Crippen molar-refractivity contribution >= 4 is 21.6 Å². The molecule has 2 N–H and O–H groups in total. The van der Waals surface area contributed by atoms with Crippen molar-refractivity contribution in [2.75, 3.05) is 26.8 Å². The third-order valence-corrected chi connectivity index (χ3v) is 5.59. The van der Waals surface area contributed by atoms with Crippen molar-refractivity contribution in [2.45, 2.75) is 23.3 Å². The molecule has 0 amide bonds. The largest absolute Gasteiger partial charge is 0.383 e. The fourth-order valence-corrected chi connectivity index (χ4v) is 4.24. The number of hydrogen-bond donors (Lipinski definition) is 2. The van der Waals surface area contributed by atoms with Crippen LogP contribution in [0, 0.1) is 11.3 Å². The zero-order valence-corrected chi connectivity index (χ0v) is 13.8. The Morgan fingerprint density at radius 2 is 2.32 bits per heavy atom. The van der Waals surface area contributed by atoms with Crippen LogP contribution in [0.25, 0.3) is 0 Å². The number of hydrogen-bond acceptors (Lipinski definition) is 5. The van der Waals surface area contributed by atoms with Crippen LogP contribution < -0.4 is 10.0 Å². The fourth-order valence-electron chi connectivity index (χ4n) is 2.57. The number of ether oxygens (including phenoxy) is 1. The Bertz CT molecular complexity index is 679. The van der Waals surface area contributed by atoms with Crippen LogP contribution >= 0.6 is 11.6 Å². The van der Waals surface area contributed by atoms with Gasteiger partial charge in [0.25, 0.3) is 0 Å². The topological polar surface area (TPSA) is 91.2 Å². The van der Waals surface area contributed by atoms with E-state index in [2.05, 4.69) is 10.0 Å². The van der Waals surface area contributed by atoms with Crippen LogP contribution in [-0.2, 0) is 14.8 Å². The molecule has 0 bridgehead atoms. The molecule has 0 saturated carbocycles. The van der Waals surface area contributed by atoms with Crippen molar-refractivity contribution in [3.63, 3.8) is 0 Å². The number of nitrogens with one attached hydrogen (secondary N) is 2. The van der Waals surface area contributed by atoms with Crippen LogP contribution in [0.5, 0.6) is 0 Å². The van der Waals surface area contributed by atoms with Crippen molar-refractivity contribution in [2.24, 2.45) is 0 Å². The van der Waals surface area contributed by atoms with Crippen molar-refractivity contribution in [3.05, 3.63) is 28.8 Å². The van der Waals surface area contributed by atoms with Gasteiger partial charge in [-0.15, -0.1) is 0 Å². The van der Waals surface area contributed by atoms with E-state index >= 15 is 0 Å². The number of benzene rings is 1. The summed E-state index contributed by atoms with van der Waals surface area (Å²) in [7, 11) is -2.16. The number of nitriles is 1. The molecule has 0 spiro atoms. The van der Waals surface area contributed by atoms with Gasteiger partial charge in [-0.25, -0.2) is 13.1 Å². The van der Waals surface area contributed by atoms with Crippen molar-refractivity contribution in [1.29, 1.82) is 5.26 Å². The van der Waals surface area contributed by atoms with Gasteiger partial charge in [-0.3, -0.25) is 0 Å². The van der Waals surface area contributed by atoms with Crippen LogP contribution in [-0.4, -0.2) is 40.8 Å². The van der Waals surface area contributed by atoms with Crippen LogP contribution in [0.15, 0.2) is 23.1 Å². The number of nitrogens with zero attached hydrogens (tertiary/aromatic N) is 1. The molecule has 120 valence electrons. The molecule has 6 nitrogen and oxygen atoms in total. The second kappa shape index (κ2) is 6.94. The summed E-state index contributed by atoms with van der Waals surface area (Å²) in [5, 5.41) is 12.1. The third-order valence-electron chi connectivity index (χ3n) is 3.70. The molecule has 1 aliphatic rings. The maximum absolute atomic E-state index is 12.4. The molecular formula is C14H18ClN3O3S. The van der Waals surface area contributed by atoms with E-state index in [9.17, 15) is 8.42 Å². The summed E-state index contributed by atoms with van der Waals surface area (Å²) in [6.45, 7) is 1.48. The molecule has 0 radical (unpaired) electrons. The maximum atomic E-state index is 12.4. The average molecular weight is 344 g/mol. The van der Waals surface area contributed by atoms with Gasteiger partial charge in [0.15, 0.2) is 0 Å². The lowest BCUT2D eigenvalue weighted by molar-refractivity contribution is 0.122. The van der Waals surface area contributed by atoms with E-state index in [0.29, 0.717) is 12.2 Å². The highest BCUT2D eigenvalue weighted by atomic mass is 35.5. The predicted molar refractivity (Wildman–Crippen MR) is 83.2 cm³/mol. The summed E-state index contributed by atoms with van der Waals surface area (Å²) in [6.07, 6.45) is 1.81. The Morgan fingerprint density at radius 3 is 2.86 bits per heavy atom. The molecule has 0 aliphatic carbocycles. The van der Waals surface area contributed by atoms with E-state index in [0.717, 1.165) is 19.4 Å². The number of halogens is 1. The first-order valence-corrected chi connectivity index (χ1v) is 8.72. The molecule has 8 heteroatoms. The van der Waals surface area contributed by atoms with E-state index in [4.69, 9.17) is 21.6 Å². The molecule has 1 unspecified atom stereocenters. The Hall–Kier alpha value is -1.17. The minimum absolute atomic E-state index is 0.0290. The Morgan fingerprint density at radius 1 is 1.55 bits per heavy atom. The van der Waals surface area contributed by atoms with Crippen molar-refractivity contribution < 1.29 is 13.2 Å². The van der Waals surface area contributed by atoms with Crippen LogP contribution in [0.2, 0.25) is 5.02 Å². The minimum atomic E-state index is -3.75. The van der Waals surface area contributed by atoms with Gasteiger partial charge in [-0.1, -0.05) is 11.6 Å². The number of rotatable bonds is 6. The van der Waals surface area contributed by atoms with Gasteiger partial charge in [-0.05, 0) is 37.6 Å². The molecule has 1 aromatic carbocycles. The Kier molecular flexibility index (Phi) is 5.42. The Labute approximate surface area is 135 Å². The van der Waals surface area contributed by atoms with Crippen LogP contribution in [0.4, 0.5) is 0 Å². The molecule has 1 saturated heterocycles. The first kappa shape index (κ1) is 17.2. The lowest BCUT2D eigenvalue weighted by Crippen LogP contribution is -2.52. The fraction of sp³-hybridized carbons (Fsp3) is 0.500. The third kappa shape index (κ3) is 3.77. The molecule has 1 fully saturated rings. The molecule has 0 aromatic heterocycles. The summed E-state index contributed by atoms with van der Waals surface area (Å²) in [5.41, 5.74) is -0.0711. The molecule has 1 aliphatic heterocycles. The lowest BCUT2D eigenvalue weighted by Gasteiger charge is -2.28. The molecule has 1 heterocycles. The minimum Gasteiger partial charge on any atom is -0.383 e. The average Bonchev–Trinajstić information content (AvgIpc) is 2.94. The summed E-state index contributed by atoms with van der Waals surface area (Å²) < 4.78 is 32.6. The van der Waals surface area contributed by atoms with Crippen LogP contribution in [0.1, 0.15) is 18.4 Å². The molecule has 1 aromatic rings. The highest BCUT2D eigenvalue weighted by Crippen LogP contribution is 2.24. The summed E-state index contributed by atoms with van der Waals surface area (Å²) in [6, 6.07) is 6.03. The standard InChI is InChI=1S/C14H18ClN3O3S/c1-21-10-14(5-2-6-17-14)9-18-22(19,20)13-4-3-11(8-16)7-12(13)15/h3-4,7,17-18H,2,5-6,9-10H2,1H3. The SMILES string of the molecule is COCC1(CNS(=O)(=O)c2ccc(C#N)cc2Cl)CCCN1. The van der Waals surface area contributed by atoms with E-state index in [-0.39, 0.29) is 22.0 Å². The molecule has 1 atom stereocenters. The normalized spacial score (nSPS) is 21.7. The van der Waals surface area contributed by atoms with Gasteiger partial charge in [0.1, 0.15) is 4.90 Å². The highest BCUT2D eigenvalue weighted by molar-refractivity contribution is 7.89. The smallest absolute Gasteiger partial charge is 0.242 e. The highest BCUT2D eigenvalue weighted by Gasteiger charge is 2.35. The maximum Gasteiger partial charge on any atom is 0.242 e. The van der Waals surface area contributed by atoms with E-state index in [1.54, 1.807) is 7.11 Å². The Balaban J connectivity index is 2.16. The molecular weight excluding hydrogens is 326 g/mol. The first-order valence-electron chi connectivity index (χ1n) is 6.86. The van der Waals surface area contributed by atoms with Gasteiger partial charge in [0.2, 0.25) is 10.0 Å². The van der Waals surface area contributed by atoms with Crippen molar-refractivity contribution in [3.8, 4) is 6.07 Å². The van der Waals surface area contributed by atoms with Gasteiger partial charge in [0.05, 0.1) is 28.8 Å². The number of methoxy groups -OCH3 is 1. The van der Waals surface area contributed by atoms with Crippen molar-refractivity contribution in [1.82, 2.24) is 10.0 Å². The molecule has 2 rings (SSSR count). The monoisotopic (exact) mass is 343 g/mol. The number of sulfonamides is 1. The quantitative estimate of drug-likeness (QED) is 0.811. The summed E-state index contributed by atoms with van der Waals surface area (Å²) in [5.74, 6) is 0. The van der Waals surface area contributed by atoms with E-state index in [1.807, 2.05) is 6.07 Å². The second-order valence-corrected chi connectivity index (χ2v) is 7.47. The summed E-state index contributed by atoms with van der Waals surface area (Å²) in [4.78, 5) is -0.0290. The predicted octanol–water partition coefficient (Wildman–Crippen LogP) is 1.26. The lowest BCUT2D eigenvalue weighted by atomic mass is 9.99. The summed E-state index contributed by atoms with van der Waals surface area (Å²) >= 11 is 5.97. The van der Waals surface area contributed by atoms with Gasteiger partial charge < -0.3 is 10.1 Å². The van der Waals surface area contributed by atoms with Gasteiger partial charge in [0, 0.05) is 13.7 Å².